The number of halogens is 1. The van der Waals surface area contributed by atoms with E-state index in [1.54, 1.807) is 0 Å². The lowest BCUT2D eigenvalue weighted by Crippen LogP contribution is -2.24. The lowest BCUT2D eigenvalue weighted by molar-refractivity contribution is 0.0949. The Balaban J connectivity index is 0.00000196. The van der Waals surface area contributed by atoms with Crippen molar-refractivity contribution in [2.75, 3.05) is 19.7 Å². The average molecular weight is 373 g/mol. The van der Waals surface area contributed by atoms with Crippen LogP contribution in [-0.2, 0) is 19.4 Å². The largest absolute Gasteiger partial charge is 0.493 e. The van der Waals surface area contributed by atoms with Crippen LogP contribution in [0.4, 0.5) is 0 Å². The number of carbonyl (C=O) groups excluding carboxylic acids is 1. The van der Waals surface area contributed by atoms with E-state index in [4.69, 9.17) is 4.74 Å². The first kappa shape index (κ1) is 18.7. The quantitative estimate of drug-likeness (QED) is 0.847. The minimum atomic E-state index is 0. The zero-order valence-corrected chi connectivity index (χ0v) is 15.6. The van der Waals surface area contributed by atoms with Crippen molar-refractivity contribution in [3.63, 3.8) is 0 Å². The highest BCUT2D eigenvalue weighted by Crippen LogP contribution is 2.26. The predicted molar refractivity (Wildman–Crippen MR) is 105 cm³/mol. The molecule has 26 heavy (non-hydrogen) atoms. The molecule has 1 fully saturated rings. The van der Waals surface area contributed by atoms with Gasteiger partial charge in [-0.1, -0.05) is 30.3 Å². The molecule has 0 saturated carbocycles. The maximum atomic E-state index is 12.7. The standard InChI is InChI=1S/C21H24N2O2.ClH/c24-21(23-14-15-5-6-20-18(12-15)8-10-25-20)19-4-2-1-3-17(19)11-16-7-9-22-13-16;/h1-6,12,16,22H,7-11,13-14H2,(H,23,24);1H. The molecule has 4 rings (SSSR count). The van der Waals surface area contributed by atoms with Gasteiger partial charge >= 0.3 is 0 Å². The molecule has 2 heterocycles. The molecule has 2 aromatic rings. The zero-order chi connectivity index (χ0) is 17.1. The first-order valence-corrected chi connectivity index (χ1v) is 9.11. The van der Waals surface area contributed by atoms with E-state index in [1.807, 2.05) is 30.3 Å². The van der Waals surface area contributed by atoms with Crippen molar-refractivity contribution in [1.29, 1.82) is 0 Å². The maximum absolute atomic E-state index is 12.7. The van der Waals surface area contributed by atoms with E-state index in [-0.39, 0.29) is 18.3 Å². The molecule has 1 unspecified atom stereocenters. The van der Waals surface area contributed by atoms with Crippen LogP contribution in [0.1, 0.15) is 33.5 Å². The Bertz CT molecular complexity index is 772. The van der Waals surface area contributed by atoms with E-state index in [0.717, 1.165) is 55.0 Å². The van der Waals surface area contributed by atoms with Gasteiger partial charge in [0, 0.05) is 18.5 Å². The predicted octanol–water partition coefficient (Wildman–Crippen LogP) is 3.13. The Kier molecular flexibility index (Phi) is 6.17. The van der Waals surface area contributed by atoms with Gasteiger partial charge in [-0.2, -0.15) is 0 Å². The summed E-state index contributed by atoms with van der Waals surface area (Å²) in [6.45, 7) is 3.44. The number of amides is 1. The summed E-state index contributed by atoms with van der Waals surface area (Å²) in [7, 11) is 0. The molecule has 1 saturated heterocycles. The van der Waals surface area contributed by atoms with Crippen molar-refractivity contribution < 1.29 is 9.53 Å². The molecule has 2 aromatic carbocycles. The Morgan fingerprint density at radius 1 is 1.23 bits per heavy atom. The van der Waals surface area contributed by atoms with E-state index >= 15 is 0 Å². The summed E-state index contributed by atoms with van der Waals surface area (Å²) in [5, 5.41) is 6.47. The molecule has 1 atom stereocenters. The number of hydrogen-bond donors (Lipinski definition) is 2. The summed E-state index contributed by atoms with van der Waals surface area (Å²) in [6, 6.07) is 14.2. The van der Waals surface area contributed by atoms with Crippen LogP contribution in [0.15, 0.2) is 42.5 Å². The molecule has 4 nitrogen and oxygen atoms in total. The minimum absolute atomic E-state index is 0. The summed E-state index contributed by atoms with van der Waals surface area (Å²) in [4.78, 5) is 12.7. The van der Waals surface area contributed by atoms with Gasteiger partial charge in [0.25, 0.3) is 5.91 Å². The Hall–Kier alpha value is -2.04. The molecule has 0 aliphatic carbocycles. The SMILES string of the molecule is Cl.O=C(NCc1ccc2c(c1)CCO2)c1ccccc1CC1CCNC1. The Labute approximate surface area is 160 Å². The van der Waals surface area contributed by atoms with E-state index in [0.29, 0.717) is 12.5 Å². The lowest BCUT2D eigenvalue weighted by atomic mass is 9.94. The van der Waals surface area contributed by atoms with Crippen LogP contribution in [0.2, 0.25) is 0 Å². The third kappa shape index (κ3) is 4.19. The normalized spacial score (nSPS) is 17.9. The van der Waals surface area contributed by atoms with Crippen molar-refractivity contribution in [2.45, 2.75) is 25.8 Å². The molecular formula is C21H25ClN2O2. The molecule has 0 aromatic heterocycles. The number of benzene rings is 2. The van der Waals surface area contributed by atoms with Gasteiger partial charge in [0.1, 0.15) is 5.75 Å². The van der Waals surface area contributed by atoms with Gasteiger partial charge in [0.15, 0.2) is 0 Å². The zero-order valence-electron chi connectivity index (χ0n) is 14.8. The van der Waals surface area contributed by atoms with Crippen molar-refractivity contribution >= 4 is 18.3 Å². The van der Waals surface area contributed by atoms with Gasteiger partial charge < -0.3 is 15.4 Å². The van der Waals surface area contributed by atoms with Crippen LogP contribution in [0.25, 0.3) is 0 Å². The number of nitrogens with one attached hydrogen (secondary N) is 2. The minimum Gasteiger partial charge on any atom is -0.493 e. The molecule has 2 aliphatic rings. The number of fused-ring (bicyclic) bond motifs is 1. The summed E-state index contributed by atoms with van der Waals surface area (Å²) >= 11 is 0. The van der Waals surface area contributed by atoms with Crippen LogP contribution in [0, 0.1) is 5.92 Å². The summed E-state index contributed by atoms with van der Waals surface area (Å²) in [6.07, 6.45) is 3.11. The third-order valence-corrected chi connectivity index (χ3v) is 5.14. The molecule has 138 valence electrons. The average Bonchev–Trinajstić information content (AvgIpc) is 3.31. The van der Waals surface area contributed by atoms with Crippen LogP contribution in [-0.4, -0.2) is 25.6 Å². The van der Waals surface area contributed by atoms with E-state index in [9.17, 15) is 4.79 Å². The molecular weight excluding hydrogens is 348 g/mol. The molecule has 2 N–H and O–H groups in total. The maximum Gasteiger partial charge on any atom is 0.251 e. The van der Waals surface area contributed by atoms with E-state index in [1.165, 1.54) is 12.0 Å². The summed E-state index contributed by atoms with van der Waals surface area (Å²) < 4.78 is 5.53. The molecule has 0 spiro atoms. The fourth-order valence-electron chi connectivity index (χ4n) is 3.75. The van der Waals surface area contributed by atoms with Crippen LogP contribution in [0.3, 0.4) is 0 Å². The molecule has 0 radical (unpaired) electrons. The van der Waals surface area contributed by atoms with Gasteiger partial charge in [-0.15, -0.1) is 12.4 Å². The van der Waals surface area contributed by atoms with E-state index in [2.05, 4.69) is 22.8 Å². The number of carbonyl (C=O) groups is 1. The Morgan fingerprint density at radius 3 is 2.96 bits per heavy atom. The topological polar surface area (TPSA) is 50.4 Å². The fraction of sp³-hybridized carbons (Fsp3) is 0.381. The fourth-order valence-corrected chi connectivity index (χ4v) is 3.75. The van der Waals surface area contributed by atoms with Crippen molar-refractivity contribution in [2.24, 2.45) is 5.92 Å². The summed E-state index contributed by atoms with van der Waals surface area (Å²) in [5.41, 5.74) is 4.31. The van der Waals surface area contributed by atoms with Gasteiger partial charge in [0.05, 0.1) is 6.61 Å². The first-order valence-electron chi connectivity index (χ1n) is 9.11. The monoisotopic (exact) mass is 372 g/mol. The number of ether oxygens (including phenoxy) is 1. The first-order chi connectivity index (χ1) is 12.3. The van der Waals surface area contributed by atoms with Crippen molar-refractivity contribution in [3.05, 3.63) is 64.7 Å². The highest BCUT2D eigenvalue weighted by molar-refractivity contribution is 5.95. The second-order valence-electron chi connectivity index (χ2n) is 6.94. The van der Waals surface area contributed by atoms with E-state index < -0.39 is 0 Å². The molecule has 2 aliphatic heterocycles. The number of rotatable bonds is 5. The van der Waals surface area contributed by atoms with Crippen LogP contribution >= 0.6 is 12.4 Å². The van der Waals surface area contributed by atoms with Gasteiger partial charge in [-0.3, -0.25) is 4.79 Å². The van der Waals surface area contributed by atoms with Gasteiger partial charge in [-0.05, 0) is 60.7 Å². The molecule has 5 heteroatoms. The third-order valence-electron chi connectivity index (χ3n) is 5.14. The highest BCUT2D eigenvalue weighted by atomic mass is 35.5. The number of hydrogen-bond acceptors (Lipinski definition) is 3. The molecule has 1 amide bonds. The highest BCUT2D eigenvalue weighted by Gasteiger charge is 2.19. The smallest absolute Gasteiger partial charge is 0.251 e. The van der Waals surface area contributed by atoms with Gasteiger partial charge in [-0.25, -0.2) is 0 Å². The lowest BCUT2D eigenvalue weighted by Gasteiger charge is -2.13. The van der Waals surface area contributed by atoms with Crippen LogP contribution < -0.4 is 15.4 Å². The second-order valence-corrected chi connectivity index (χ2v) is 6.94. The summed E-state index contributed by atoms with van der Waals surface area (Å²) in [5.74, 6) is 1.62. The second kappa shape index (κ2) is 8.56. The Morgan fingerprint density at radius 2 is 2.12 bits per heavy atom. The van der Waals surface area contributed by atoms with Crippen LogP contribution in [0.5, 0.6) is 5.75 Å². The molecule has 0 bridgehead atoms. The van der Waals surface area contributed by atoms with Gasteiger partial charge in [0.2, 0.25) is 0 Å². The van der Waals surface area contributed by atoms with Crippen molar-refractivity contribution in [3.8, 4) is 5.75 Å². The van der Waals surface area contributed by atoms with Crippen molar-refractivity contribution in [1.82, 2.24) is 10.6 Å².